The van der Waals surface area contributed by atoms with Gasteiger partial charge in [-0.2, -0.15) is 0 Å². The van der Waals surface area contributed by atoms with Gasteiger partial charge in [0.25, 0.3) is 5.56 Å². The maximum absolute atomic E-state index is 12.6. The summed E-state index contributed by atoms with van der Waals surface area (Å²) in [5.74, 6) is 0.598. The first-order valence-corrected chi connectivity index (χ1v) is 8.88. The van der Waals surface area contributed by atoms with Crippen molar-refractivity contribution in [3.8, 4) is 11.4 Å². The lowest BCUT2D eigenvalue weighted by Crippen LogP contribution is -2.41. The van der Waals surface area contributed by atoms with E-state index >= 15 is 0 Å². The maximum Gasteiger partial charge on any atom is 0.332 e. The lowest BCUT2D eigenvalue weighted by molar-refractivity contribution is 0.102. The molecule has 0 saturated carbocycles. The van der Waals surface area contributed by atoms with Crippen LogP contribution in [0.2, 0.25) is 0 Å². The molecule has 0 aliphatic carbocycles. The molecule has 0 aliphatic rings. The zero-order chi connectivity index (χ0) is 19.9. The van der Waals surface area contributed by atoms with Crippen LogP contribution in [0.4, 0.5) is 5.82 Å². The van der Waals surface area contributed by atoms with Crippen LogP contribution in [-0.2, 0) is 21.1 Å². The van der Waals surface area contributed by atoms with E-state index in [4.69, 9.17) is 10.2 Å². The molecule has 0 aromatic carbocycles. The van der Waals surface area contributed by atoms with E-state index in [0.717, 1.165) is 26.5 Å². The number of hydrogen-bond donors (Lipinski definition) is 1. The third-order valence-corrected chi connectivity index (χ3v) is 5.28. The Balaban J connectivity index is 1.86. The van der Waals surface area contributed by atoms with E-state index < -0.39 is 17.0 Å². The molecule has 3 aromatic heterocycles. The molecule has 27 heavy (non-hydrogen) atoms. The fraction of sp³-hybridized carbons (Fsp3) is 0.312. The Kier molecular flexibility index (Phi) is 4.79. The lowest BCUT2D eigenvalue weighted by atomic mass is 10.2. The highest BCUT2D eigenvalue weighted by molar-refractivity contribution is 7.99. The average molecular weight is 390 g/mol. The number of anilines is 1. The van der Waals surface area contributed by atoms with Crippen molar-refractivity contribution in [1.29, 1.82) is 0 Å². The summed E-state index contributed by atoms with van der Waals surface area (Å²) in [6.07, 6.45) is 1.56. The van der Waals surface area contributed by atoms with Crippen LogP contribution in [0.3, 0.4) is 0 Å². The maximum atomic E-state index is 12.6. The molecule has 3 heterocycles. The standard InChI is InChI=1S/C16H18N6O4S/c1-8-9(5-6-26-8)13-18-19-15(21(13)3)27-7-10(23)11-12(17)20(2)16(25)22(4)14(11)24/h5-6H,7,17H2,1-4H3. The van der Waals surface area contributed by atoms with Crippen molar-refractivity contribution in [2.24, 2.45) is 21.1 Å². The summed E-state index contributed by atoms with van der Waals surface area (Å²) in [7, 11) is 4.48. The van der Waals surface area contributed by atoms with Gasteiger partial charge in [-0.3, -0.25) is 18.7 Å². The zero-order valence-electron chi connectivity index (χ0n) is 15.2. The smallest absolute Gasteiger partial charge is 0.332 e. The number of nitrogens with two attached hydrogens (primary N) is 1. The molecule has 0 unspecified atom stereocenters. The number of hydrogen-bond acceptors (Lipinski definition) is 8. The second-order valence-electron chi connectivity index (χ2n) is 5.93. The van der Waals surface area contributed by atoms with Gasteiger partial charge in [-0.25, -0.2) is 4.79 Å². The van der Waals surface area contributed by atoms with Gasteiger partial charge in [0.05, 0.1) is 17.6 Å². The molecule has 0 fully saturated rings. The average Bonchev–Trinajstić information content (AvgIpc) is 3.22. The van der Waals surface area contributed by atoms with Crippen LogP contribution in [0.25, 0.3) is 11.4 Å². The largest absolute Gasteiger partial charge is 0.469 e. The quantitative estimate of drug-likeness (QED) is 0.487. The SMILES string of the molecule is Cc1occc1-c1nnc(SCC(=O)c2c(N)n(C)c(=O)n(C)c2=O)n1C. The van der Waals surface area contributed by atoms with Crippen molar-refractivity contribution < 1.29 is 9.21 Å². The molecule has 3 rings (SSSR count). The van der Waals surface area contributed by atoms with Crippen molar-refractivity contribution >= 4 is 23.4 Å². The Hall–Kier alpha value is -3.08. The third-order valence-electron chi connectivity index (χ3n) is 4.26. The van der Waals surface area contributed by atoms with Crippen LogP contribution < -0.4 is 17.0 Å². The molecule has 0 spiro atoms. The Morgan fingerprint density at radius 1 is 1.19 bits per heavy atom. The first kappa shape index (κ1) is 18.7. The molecule has 0 radical (unpaired) electrons. The van der Waals surface area contributed by atoms with Crippen molar-refractivity contribution in [2.45, 2.75) is 12.1 Å². The summed E-state index contributed by atoms with van der Waals surface area (Å²) in [6, 6.07) is 1.79. The van der Waals surface area contributed by atoms with Gasteiger partial charge in [-0.1, -0.05) is 11.8 Å². The number of carbonyl (C=O) groups is 1. The Bertz CT molecular complexity index is 1150. The second-order valence-corrected chi connectivity index (χ2v) is 6.88. The summed E-state index contributed by atoms with van der Waals surface area (Å²) < 4.78 is 8.94. The van der Waals surface area contributed by atoms with Crippen molar-refractivity contribution in [1.82, 2.24) is 23.9 Å². The Morgan fingerprint density at radius 3 is 2.52 bits per heavy atom. The van der Waals surface area contributed by atoms with Gasteiger partial charge in [-0.05, 0) is 13.0 Å². The van der Waals surface area contributed by atoms with Crippen LogP contribution in [0.5, 0.6) is 0 Å². The third kappa shape index (κ3) is 3.10. The van der Waals surface area contributed by atoms with E-state index in [1.807, 2.05) is 6.92 Å². The van der Waals surface area contributed by atoms with E-state index in [-0.39, 0.29) is 17.1 Å². The van der Waals surface area contributed by atoms with Crippen LogP contribution in [0.1, 0.15) is 16.1 Å². The summed E-state index contributed by atoms with van der Waals surface area (Å²) in [4.78, 5) is 36.7. The van der Waals surface area contributed by atoms with Crippen LogP contribution in [-0.4, -0.2) is 35.4 Å². The number of rotatable bonds is 5. The number of aryl methyl sites for hydroxylation is 1. The van der Waals surface area contributed by atoms with Crippen LogP contribution in [0.15, 0.2) is 31.5 Å². The van der Waals surface area contributed by atoms with Gasteiger partial charge >= 0.3 is 5.69 Å². The van der Waals surface area contributed by atoms with Gasteiger partial charge in [0.2, 0.25) is 0 Å². The molecule has 10 nitrogen and oxygen atoms in total. The zero-order valence-corrected chi connectivity index (χ0v) is 16.0. The van der Waals surface area contributed by atoms with Crippen molar-refractivity contribution in [3.63, 3.8) is 0 Å². The van der Waals surface area contributed by atoms with Gasteiger partial charge in [0, 0.05) is 21.1 Å². The molecule has 0 bridgehead atoms. The van der Waals surface area contributed by atoms with E-state index in [9.17, 15) is 14.4 Å². The van der Waals surface area contributed by atoms with Gasteiger partial charge in [0.1, 0.15) is 17.1 Å². The molecule has 3 aromatic rings. The predicted molar refractivity (Wildman–Crippen MR) is 99.8 cm³/mol. The molecule has 0 atom stereocenters. The summed E-state index contributed by atoms with van der Waals surface area (Å²) in [6.45, 7) is 1.82. The highest BCUT2D eigenvalue weighted by Crippen LogP contribution is 2.26. The van der Waals surface area contributed by atoms with Crippen LogP contribution in [0, 0.1) is 6.92 Å². The molecular weight excluding hydrogens is 372 g/mol. The van der Waals surface area contributed by atoms with Gasteiger partial charge in [0.15, 0.2) is 16.8 Å². The summed E-state index contributed by atoms with van der Waals surface area (Å²) in [5.41, 5.74) is 5.11. The number of ketones is 1. The first-order chi connectivity index (χ1) is 12.7. The molecule has 11 heteroatoms. The lowest BCUT2D eigenvalue weighted by Gasteiger charge is -2.10. The fourth-order valence-electron chi connectivity index (χ4n) is 2.62. The minimum Gasteiger partial charge on any atom is -0.469 e. The molecule has 142 valence electrons. The fourth-order valence-corrected chi connectivity index (χ4v) is 3.40. The summed E-state index contributed by atoms with van der Waals surface area (Å²) in [5, 5.41) is 8.71. The Morgan fingerprint density at radius 2 is 1.89 bits per heavy atom. The molecule has 0 saturated heterocycles. The van der Waals surface area contributed by atoms with Gasteiger partial charge < -0.3 is 14.7 Å². The summed E-state index contributed by atoms with van der Waals surface area (Å²) >= 11 is 1.13. The first-order valence-electron chi connectivity index (χ1n) is 7.89. The van der Waals surface area contributed by atoms with E-state index in [0.29, 0.717) is 16.7 Å². The highest BCUT2D eigenvalue weighted by atomic mass is 32.2. The van der Waals surface area contributed by atoms with Gasteiger partial charge in [-0.15, -0.1) is 10.2 Å². The minimum absolute atomic E-state index is 0.0754. The second kappa shape index (κ2) is 6.91. The monoisotopic (exact) mass is 390 g/mol. The normalized spacial score (nSPS) is 11.1. The van der Waals surface area contributed by atoms with E-state index in [1.54, 1.807) is 23.9 Å². The van der Waals surface area contributed by atoms with Crippen molar-refractivity contribution in [3.05, 3.63) is 44.5 Å². The number of furan rings is 1. The molecular formula is C16H18N6O4S. The topological polar surface area (TPSA) is 131 Å². The van der Waals surface area contributed by atoms with Crippen molar-refractivity contribution in [2.75, 3.05) is 11.5 Å². The number of nitrogen functional groups attached to an aromatic ring is 1. The van der Waals surface area contributed by atoms with E-state index in [1.165, 1.54) is 14.1 Å². The highest BCUT2D eigenvalue weighted by Gasteiger charge is 2.22. The number of Topliss-reactive ketones (excluding diaryl/α,β-unsaturated/α-hetero) is 1. The van der Waals surface area contributed by atoms with E-state index in [2.05, 4.69) is 10.2 Å². The number of thioether (sulfide) groups is 1. The number of nitrogens with zero attached hydrogens (tertiary/aromatic N) is 5. The molecule has 0 amide bonds. The Labute approximate surface area is 157 Å². The molecule has 0 aliphatic heterocycles. The minimum atomic E-state index is -0.714. The molecule has 2 N–H and O–H groups in total. The number of aromatic nitrogens is 5. The van der Waals surface area contributed by atoms with Crippen LogP contribution >= 0.6 is 11.8 Å². The predicted octanol–water partition coefficient (Wildman–Crippen LogP) is 0.338. The number of carbonyl (C=O) groups excluding carboxylic acids is 1.